The van der Waals surface area contributed by atoms with Crippen molar-refractivity contribution in [2.45, 2.75) is 39.2 Å². The summed E-state index contributed by atoms with van der Waals surface area (Å²) in [7, 11) is 3.68. The molecule has 376 valence electrons. The highest BCUT2D eigenvalue weighted by atomic mass is 16.6. The second-order valence-electron chi connectivity index (χ2n) is 16.9. The number of aromatic nitrogens is 1. The molecule has 1 aliphatic rings. The van der Waals surface area contributed by atoms with E-state index in [1.165, 1.54) is 29.8 Å². The molecule has 0 aliphatic heterocycles. The van der Waals surface area contributed by atoms with Crippen LogP contribution in [0, 0.1) is 10.1 Å². The van der Waals surface area contributed by atoms with Crippen molar-refractivity contribution < 1.29 is 43.0 Å². The van der Waals surface area contributed by atoms with Crippen LogP contribution in [-0.2, 0) is 20.6 Å². The van der Waals surface area contributed by atoms with Crippen LogP contribution in [-0.4, -0.2) is 137 Å². The number of amides is 4. The zero-order valence-corrected chi connectivity index (χ0v) is 40.9. The van der Waals surface area contributed by atoms with E-state index in [0.29, 0.717) is 86.3 Å². The predicted octanol–water partition coefficient (Wildman–Crippen LogP) is 7.40. The van der Waals surface area contributed by atoms with Gasteiger partial charge in [-0.3, -0.25) is 29.5 Å². The topological polar surface area (TPSA) is 207 Å². The SMILES string of the molecule is CCN(CC)c1ccc(NC(=O)c2cccc(C(=O)N(C)CCN(C)CCOCCOCCOCCNC(=O)Oc3ccc([N+](=O)[O-])cc3)c2)c(-c2cc(C(=O)N[C@H]3CCCc4ccccc43)ccn2)c1. The Labute approximate surface area is 414 Å². The van der Waals surface area contributed by atoms with Crippen LogP contribution < -0.4 is 25.6 Å². The third-order valence-electron chi connectivity index (χ3n) is 12.0. The van der Waals surface area contributed by atoms with Gasteiger partial charge in [0, 0.05) is 92.6 Å². The number of benzene rings is 4. The van der Waals surface area contributed by atoms with Crippen molar-refractivity contribution in [2.75, 3.05) is 103 Å². The van der Waals surface area contributed by atoms with E-state index in [-0.39, 0.29) is 42.4 Å². The van der Waals surface area contributed by atoms with Gasteiger partial charge in [-0.2, -0.15) is 0 Å². The molecule has 1 aromatic heterocycles. The first-order chi connectivity index (χ1) is 34.4. The highest BCUT2D eigenvalue weighted by Gasteiger charge is 2.23. The standard InChI is InChI=1S/C53H64N8O10/c1-5-60(6-2)43-19-22-48(46(37-43)49-36-40(23-24-54-49)51(63)56-47-16-10-12-38-11-7-8-15-45(38)47)57-50(62)39-13-9-14-41(35-39)52(64)59(4)27-26-58(3)28-30-69-32-34-70-33-31-68-29-25-55-53(65)71-44-20-17-42(18-21-44)61(66)67/h7-9,11,13-15,17-24,35-37,47H,5-6,10,12,16,25-34H2,1-4H3,(H,55,65)(H,56,63)(H,57,62)/t47-/m0/s1. The number of rotatable bonds is 26. The summed E-state index contributed by atoms with van der Waals surface area (Å²) in [4.78, 5) is 73.9. The number of hydrogen-bond donors (Lipinski definition) is 3. The van der Waals surface area contributed by atoms with Crippen LogP contribution in [0.5, 0.6) is 5.75 Å². The van der Waals surface area contributed by atoms with Gasteiger partial charge < -0.3 is 49.6 Å². The lowest BCUT2D eigenvalue weighted by Crippen LogP contribution is -2.36. The Morgan fingerprint density at radius 3 is 2.20 bits per heavy atom. The van der Waals surface area contributed by atoms with Gasteiger partial charge in [0.25, 0.3) is 23.4 Å². The molecule has 0 bridgehead atoms. The smallest absolute Gasteiger partial charge is 0.410 e. The van der Waals surface area contributed by atoms with Gasteiger partial charge in [-0.05, 0) is 112 Å². The molecule has 0 saturated carbocycles. The van der Waals surface area contributed by atoms with Crippen molar-refractivity contribution in [1.82, 2.24) is 25.4 Å². The number of nitrogens with zero attached hydrogens (tertiary/aromatic N) is 5. The third-order valence-corrected chi connectivity index (χ3v) is 12.0. The minimum absolute atomic E-state index is 0.0787. The summed E-state index contributed by atoms with van der Waals surface area (Å²) < 4.78 is 21.8. The molecule has 18 heteroatoms. The fraction of sp³-hybridized carbons (Fsp3) is 0.377. The molecular weight excluding hydrogens is 909 g/mol. The molecule has 4 aromatic carbocycles. The van der Waals surface area contributed by atoms with Crippen LogP contribution in [0.25, 0.3) is 11.3 Å². The first-order valence-electron chi connectivity index (χ1n) is 24.0. The number of anilines is 2. The minimum atomic E-state index is -0.696. The number of nitro groups is 1. The summed E-state index contributed by atoms with van der Waals surface area (Å²) in [5.74, 6) is -0.613. The Kier molecular flexibility index (Phi) is 20.4. The van der Waals surface area contributed by atoms with Gasteiger partial charge in [-0.15, -0.1) is 0 Å². The molecular formula is C53H64N8O10. The van der Waals surface area contributed by atoms with Gasteiger partial charge in [0.1, 0.15) is 5.75 Å². The zero-order chi connectivity index (χ0) is 50.5. The maximum atomic E-state index is 13.9. The monoisotopic (exact) mass is 972 g/mol. The summed E-state index contributed by atoms with van der Waals surface area (Å²) in [5, 5.41) is 19.6. The molecule has 0 fully saturated rings. The van der Waals surface area contributed by atoms with E-state index in [9.17, 15) is 29.3 Å². The molecule has 0 saturated heterocycles. The number of likely N-dealkylation sites (N-methyl/N-ethyl adjacent to an activating group) is 2. The highest BCUT2D eigenvalue weighted by Crippen LogP contribution is 2.33. The molecule has 1 aliphatic carbocycles. The summed E-state index contributed by atoms with van der Waals surface area (Å²) >= 11 is 0. The van der Waals surface area contributed by atoms with E-state index in [1.54, 1.807) is 54.5 Å². The summed E-state index contributed by atoms with van der Waals surface area (Å²) in [6, 6.07) is 29.3. The second kappa shape index (κ2) is 27.2. The predicted molar refractivity (Wildman–Crippen MR) is 271 cm³/mol. The minimum Gasteiger partial charge on any atom is -0.410 e. The molecule has 18 nitrogen and oxygen atoms in total. The van der Waals surface area contributed by atoms with E-state index in [2.05, 4.69) is 56.7 Å². The molecule has 4 amide bonds. The molecule has 1 heterocycles. The van der Waals surface area contributed by atoms with Gasteiger partial charge in [0.05, 0.1) is 62.0 Å². The number of ether oxygens (including phenoxy) is 4. The van der Waals surface area contributed by atoms with Crippen LogP contribution in [0.15, 0.2) is 109 Å². The van der Waals surface area contributed by atoms with Crippen LogP contribution >= 0.6 is 0 Å². The van der Waals surface area contributed by atoms with E-state index < -0.39 is 16.9 Å². The third kappa shape index (κ3) is 15.9. The number of carbonyl (C=O) groups is 4. The van der Waals surface area contributed by atoms with E-state index in [1.807, 2.05) is 37.4 Å². The van der Waals surface area contributed by atoms with Gasteiger partial charge in [-0.1, -0.05) is 30.3 Å². The van der Waals surface area contributed by atoms with Gasteiger partial charge >= 0.3 is 6.09 Å². The first-order valence-corrected chi connectivity index (χ1v) is 24.0. The molecule has 6 rings (SSSR count). The number of hydrogen-bond acceptors (Lipinski definition) is 13. The number of aryl methyl sites for hydroxylation is 1. The quantitative estimate of drug-likeness (QED) is 0.0281. The maximum Gasteiger partial charge on any atom is 0.412 e. The molecule has 0 unspecified atom stereocenters. The fourth-order valence-corrected chi connectivity index (χ4v) is 8.01. The highest BCUT2D eigenvalue weighted by molar-refractivity contribution is 6.08. The van der Waals surface area contributed by atoms with Crippen molar-refractivity contribution in [3.63, 3.8) is 0 Å². The van der Waals surface area contributed by atoms with Crippen molar-refractivity contribution in [3.05, 3.63) is 147 Å². The van der Waals surface area contributed by atoms with Crippen molar-refractivity contribution >= 4 is 40.9 Å². The van der Waals surface area contributed by atoms with Crippen molar-refractivity contribution in [2.24, 2.45) is 0 Å². The molecule has 0 spiro atoms. The van der Waals surface area contributed by atoms with Gasteiger partial charge in [-0.25, -0.2) is 4.79 Å². The number of nitro benzene ring substituents is 1. The fourth-order valence-electron chi connectivity index (χ4n) is 8.01. The van der Waals surface area contributed by atoms with Gasteiger partial charge in [0.15, 0.2) is 0 Å². The van der Waals surface area contributed by atoms with Crippen molar-refractivity contribution in [3.8, 4) is 17.0 Å². The Balaban J connectivity index is 0.918. The molecule has 3 N–H and O–H groups in total. The first kappa shape index (κ1) is 53.1. The number of pyridine rings is 1. The second-order valence-corrected chi connectivity index (χ2v) is 16.9. The Bertz CT molecular complexity index is 2570. The Morgan fingerprint density at radius 1 is 0.746 bits per heavy atom. The summed E-state index contributed by atoms with van der Waals surface area (Å²) in [6.07, 6.45) is 3.79. The Hall–Kier alpha value is -7.25. The zero-order valence-electron chi connectivity index (χ0n) is 40.9. The van der Waals surface area contributed by atoms with Crippen LogP contribution in [0.1, 0.15) is 74.9 Å². The Morgan fingerprint density at radius 2 is 1.45 bits per heavy atom. The maximum absolute atomic E-state index is 13.9. The average molecular weight is 973 g/mol. The van der Waals surface area contributed by atoms with Gasteiger partial charge in [0.2, 0.25) is 0 Å². The van der Waals surface area contributed by atoms with E-state index in [0.717, 1.165) is 43.6 Å². The average Bonchev–Trinajstić information content (AvgIpc) is 3.39. The van der Waals surface area contributed by atoms with Crippen LogP contribution in [0.3, 0.4) is 0 Å². The van der Waals surface area contributed by atoms with E-state index >= 15 is 0 Å². The van der Waals surface area contributed by atoms with Crippen molar-refractivity contribution in [1.29, 1.82) is 0 Å². The number of nitrogens with one attached hydrogen (secondary N) is 3. The van der Waals surface area contributed by atoms with Crippen LogP contribution in [0.4, 0.5) is 21.9 Å². The summed E-state index contributed by atoms with van der Waals surface area (Å²) in [6.45, 7) is 9.79. The molecule has 1 atom stereocenters. The summed E-state index contributed by atoms with van der Waals surface area (Å²) in [5.41, 5.74) is 6.16. The number of non-ortho nitro benzene ring substituents is 1. The lowest BCUT2D eigenvalue weighted by atomic mass is 9.87. The van der Waals surface area contributed by atoms with Crippen LogP contribution in [0.2, 0.25) is 0 Å². The number of fused-ring (bicyclic) bond motifs is 1. The molecule has 71 heavy (non-hydrogen) atoms. The normalized spacial score (nSPS) is 12.9. The van der Waals surface area contributed by atoms with E-state index in [4.69, 9.17) is 18.9 Å². The molecule has 5 aromatic rings. The lowest BCUT2D eigenvalue weighted by Gasteiger charge is -2.26. The number of carbonyl (C=O) groups excluding carboxylic acids is 4. The molecule has 0 radical (unpaired) electrons. The largest absolute Gasteiger partial charge is 0.412 e. The lowest BCUT2D eigenvalue weighted by molar-refractivity contribution is -0.384.